The number of nitrogens with zero attached hydrogens (tertiary/aromatic N) is 1. The summed E-state index contributed by atoms with van der Waals surface area (Å²) in [6.45, 7) is 1.01. The van der Waals surface area contributed by atoms with E-state index in [-0.39, 0.29) is 0 Å². The number of hydrogen-bond donors (Lipinski definition) is 2. The monoisotopic (exact) mass is 273 g/mol. The van der Waals surface area contributed by atoms with Crippen LogP contribution in [0.5, 0.6) is 0 Å². The van der Waals surface area contributed by atoms with Crippen LogP contribution < -0.4 is 11.1 Å². The fraction of sp³-hybridized carbons (Fsp3) is 0.400. The summed E-state index contributed by atoms with van der Waals surface area (Å²) in [5.74, 6) is 1.30. The summed E-state index contributed by atoms with van der Waals surface area (Å²) in [5.41, 5.74) is 8.12. The highest BCUT2D eigenvalue weighted by atomic mass is 32.2. The zero-order valence-electron chi connectivity index (χ0n) is 10.9. The minimum absolute atomic E-state index is 0.723. The van der Waals surface area contributed by atoms with Gasteiger partial charge in [0.2, 0.25) is 0 Å². The first kappa shape index (κ1) is 12.6. The molecular weight excluding hydrogens is 254 g/mol. The van der Waals surface area contributed by atoms with Gasteiger partial charge < -0.3 is 11.1 Å². The van der Waals surface area contributed by atoms with Gasteiger partial charge in [0.1, 0.15) is 0 Å². The average molecular weight is 273 g/mol. The van der Waals surface area contributed by atoms with Crippen LogP contribution in [-0.4, -0.2) is 22.5 Å². The second kappa shape index (κ2) is 5.70. The summed E-state index contributed by atoms with van der Waals surface area (Å²) in [6, 6.07) is 6.12. The van der Waals surface area contributed by atoms with E-state index in [0.29, 0.717) is 0 Å². The Labute approximate surface area is 118 Å². The lowest BCUT2D eigenvalue weighted by atomic mass is 10.1. The third-order valence-corrected chi connectivity index (χ3v) is 5.05. The Morgan fingerprint density at radius 3 is 3.11 bits per heavy atom. The van der Waals surface area contributed by atoms with Gasteiger partial charge in [0.15, 0.2) is 0 Å². The van der Waals surface area contributed by atoms with Crippen LogP contribution in [0.15, 0.2) is 30.6 Å². The largest absolute Gasteiger partial charge is 0.397 e. The number of nitrogens with one attached hydrogen (secondary N) is 1. The van der Waals surface area contributed by atoms with Crippen LogP contribution in [-0.2, 0) is 0 Å². The molecule has 1 atom stereocenters. The van der Waals surface area contributed by atoms with Crippen LogP contribution in [0.25, 0.3) is 10.8 Å². The SMILES string of the molecule is Nc1c(NCC2CCCCS2)ccc2cnccc12. The standard InChI is InChI=1S/C15H19N3S/c16-15-13-6-7-17-9-11(13)4-5-14(15)18-10-12-3-1-2-8-19-12/h4-7,9,12,18H,1-3,8,10,16H2. The van der Waals surface area contributed by atoms with Crippen LogP contribution in [0.4, 0.5) is 11.4 Å². The Hall–Kier alpha value is -1.42. The molecule has 0 saturated carbocycles. The van der Waals surface area contributed by atoms with Crippen molar-refractivity contribution in [2.45, 2.75) is 24.5 Å². The van der Waals surface area contributed by atoms with Crippen LogP contribution in [0.3, 0.4) is 0 Å². The van der Waals surface area contributed by atoms with Gasteiger partial charge in [-0.2, -0.15) is 11.8 Å². The van der Waals surface area contributed by atoms with Crippen molar-refractivity contribution in [2.75, 3.05) is 23.3 Å². The van der Waals surface area contributed by atoms with Gasteiger partial charge in [-0.25, -0.2) is 0 Å². The molecule has 19 heavy (non-hydrogen) atoms. The molecule has 3 nitrogen and oxygen atoms in total. The lowest BCUT2D eigenvalue weighted by Gasteiger charge is -2.22. The summed E-state index contributed by atoms with van der Waals surface area (Å²) in [5, 5.41) is 6.41. The molecule has 2 heterocycles. The molecular formula is C15H19N3S. The minimum Gasteiger partial charge on any atom is -0.397 e. The fourth-order valence-electron chi connectivity index (χ4n) is 2.54. The van der Waals surface area contributed by atoms with E-state index in [9.17, 15) is 0 Å². The van der Waals surface area contributed by atoms with Gasteiger partial charge in [-0.15, -0.1) is 0 Å². The molecule has 3 rings (SSSR count). The van der Waals surface area contributed by atoms with Crippen molar-refractivity contribution in [1.82, 2.24) is 4.98 Å². The molecule has 1 saturated heterocycles. The van der Waals surface area contributed by atoms with Gasteiger partial charge in [0, 0.05) is 35.0 Å². The second-order valence-corrected chi connectivity index (χ2v) is 6.40. The molecule has 1 fully saturated rings. The first-order valence-corrected chi connectivity index (χ1v) is 7.87. The maximum Gasteiger partial charge on any atom is 0.0630 e. The first-order valence-electron chi connectivity index (χ1n) is 6.82. The quantitative estimate of drug-likeness (QED) is 0.840. The molecule has 1 aromatic carbocycles. The molecule has 2 aromatic rings. The van der Waals surface area contributed by atoms with E-state index >= 15 is 0 Å². The maximum atomic E-state index is 6.24. The molecule has 1 aliphatic rings. The van der Waals surface area contributed by atoms with Crippen LogP contribution in [0, 0.1) is 0 Å². The molecule has 0 amide bonds. The van der Waals surface area contributed by atoms with Gasteiger partial charge in [0.25, 0.3) is 0 Å². The number of pyridine rings is 1. The van der Waals surface area contributed by atoms with Crippen molar-refractivity contribution >= 4 is 33.9 Å². The number of nitrogen functional groups attached to an aromatic ring is 1. The summed E-state index contributed by atoms with van der Waals surface area (Å²) >= 11 is 2.08. The van der Waals surface area contributed by atoms with Crippen LogP contribution in [0.1, 0.15) is 19.3 Å². The van der Waals surface area contributed by atoms with Crippen LogP contribution in [0.2, 0.25) is 0 Å². The smallest absolute Gasteiger partial charge is 0.0630 e. The van der Waals surface area contributed by atoms with E-state index in [2.05, 4.69) is 34.2 Å². The number of benzene rings is 1. The third kappa shape index (κ3) is 2.78. The second-order valence-electron chi connectivity index (χ2n) is 4.99. The number of rotatable bonds is 3. The lowest BCUT2D eigenvalue weighted by Crippen LogP contribution is -2.20. The first-order chi connectivity index (χ1) is 9.34. The van der Waals surface area contributed by atoms with Gasteiger partial charge in [-0.1, -0.05) is 12.5 Å². The van der Waals surface area contributed by atoms with E-state index in [1.54, 1.807) is 6.20 Å². The highest BCUT2D eigenvalue weighted by Gasteiger charge is 2.14. The topological polar surface area (TPSA) is 50.9 Å². The fourth-order valence-corrected chi connectivity index (χ4v) is 3.78. The Morgan fingerprint density at radius 2 is 2.26 bits per heavy atom. The number of hydrogen-bond acceptors (Lipinski definition) is 4. The molecule has 1 unspecified atom stereocenters. The Morgan fingerprint density at radius 1 is 1.32 bits per heavy atom. The molecule has 1 aromatic heterocycles. The predicted octanol–water partition coefficient (Wildman–Crippen LogP) is 3.51. The zero-order valence-corrected chi connectivity index (χ0v) is 11.7. The third-order valence-electron chi connectivity index (χ3n) is 3.66. The molecule has 0 bridgehead atoms. The molecule has 4 heteroatoms. The predicted molar refractivity (Wildman–Crippen MR) is 84.7 cm³/mol. The summed E-state index contributed by atoms with van der Waals surface area (Å²) in [6.07, 6.45) is 7.69. The van der Waals surface area contributed by atoms with E-state index in [0.717, 1.165) is 33.9 Å². The Kier molecular flexibility index (Phi) is 3.78. The number of nitrogens with two attached hydrogens (primary N) is 1. The molecule has 3 N–H and O–H groups in total. The average Bonchev–Trinajstić information content (AvgIpc) is 2.48. The zero-order chi connectivity index (χ0) is 13.1. The van der Waals surface area contributed by atoms with Crippen molar-refractivity contribution < 1.29 is 0 Å². The summed E-state index contributed by atoms with van der Waals surface area (Å²) in [4.78, 5) is 4.12. The summed E-state index contributed by atoms with van der Waals surface area (Å²) in [7, 11) is 0. The lowest BCUT2D eigenvalue weighted by molar-refractivity contribution is 0.678. The molecule has 1 aliphatic heterocycles. The number of aromatic nitrogens is 1. The molecule has 0 radical (unpaired) electrons. The van der Waals surface area contributed by atoms with Gasteiger partial charge in [-0.05, 0) is 30.7 Å². The van der Waals surface area contributed by atoms with E-state index < -0.39 is 0 Å². The van der Waals surface area contributed by atoms with Gasteiger partial charge in [0.05, 0.1) is 11.4 Å². The Bertz CT molecular complexity index is 564. The Balaban J connectivity index is 1.75. The highest BCUT2D eigenvalue weighted by molar-refractivity contribution is 7.99. The normalized spacial score (nSPS) is 19.5. The van der Waals surface area contributed by atoms with Crippen LogP contribution >= 0.6 is 11.8 Å². The van der Waals surface area contributed by atoms with Crippen molar-refractivity contribution in [1.29, 1.82) is 0 Å². The van der Waals surface area contributed by atoms with Crippen molar-refractivity contribution in [3.63, 3.8) is 0 Å². The number of fused-ring (bicyclic) bond motifs is 1. The highest BCUT2D eigenvalue weighted by Crippen LogP contribution is 2.30. The maximum absolute atomic E-state index is 6.24. The van der Waals surface area contributed by atoms with Crippen molar-refractivity contribution in [3.05, 3.63) is 30.6 Å². The van der Waals surface area contributed by atoms with E-state index in [1.165, 1.54) is 25.0 Å². The van der Waals surface area contributed by atoms with Gasteiger partial charge in [-0.3, -0.25) is 4.98 Å². The van der Waals surface area contributed by atoms with E-state index in [4.69, 9.17) is 5.73 Å². The molecule has 100 valence electrons. The molecule has 0 spiro atoms. The number of anilines is 2. The van der Waals surface area contributed by atoms with Crippen molar-refractivity contribution in [2.24, 2.45) is 0 Å². The van der Waals surface area contributed by atoms with Gasteiger partial charge >= 0.3 is 0 Å². The van der Waals surface area contributed by atoms with E-state index in [1.807, 2.05) is 12.3 Å². The number of thioether (sulfide) groups is 1. The minimum atomic E-state index is 0.723. The molecule has 0 aliphatic carbocycles. The summed E-state index contributed by atoms with van der Waals surface area (Å²) < 4.78 is 0. The van der Waals surface area contributed by atoms with Crippen molar-refractivity contribution in [3.8, 4) is 0 Å².